The molecule has 110 valence electrons. The highest BCUT2D eigenvalue weighted by Gasteiger charge is 2.61. The summed E-state index contributed by atoms with van der Waals surface area (Å²) in [7, 11) is 0. The number of carbonyl (C=O) groups is 1. The van der Waals surface area contributed by atoms with Crippen LogP contribution < -0.4 is 10.6 Å². The Labute approximate surface area is 114 Å². The maximum absolute atomic E-state index is 13.2. The fourth-order valence-corrected chi connectivity index (χ4v) is 2.29. The molecule has 0 bridgehead atoms. The van der Waals surface area contributed by atoms with Crippen LogP contribution >= 0.6 is 0 Å². The minimum Gasteiger partial charge on any atom is -0.350 e. The smallest absolute Gasteiger partial charge is 0.350 e. The molecule has 2 N–H and O–H groups in total. The average Bonchev–Trinajstić information content (AvgIpc) is 2.87. The number of aryl methyl sites for hydroxylation is 1. The predicted molar refractivity (Wildman–Crippen MR) is 66.8 cm³/mol. The summed E-state index contributed by atoms with van der Waals surface area (Å²) < 4.78 is 39.5. The van der Waals surface area contributed by atoms with Gasteiger partial charge in [-0.15, -0.1) is 0 Å². The van der Waals surface area contributed by atoms with Gasteiger partial charge in [0.15, 0.2) is 5.41 Å². The van der Waals surface area contributed by atoms with E-state index in [1.54, 1.807) is 25.3 Å². The number of nitrogens with zero attached hydrogens (tertiary/aromatic N) is 1. The van der Waals surface area contributed by atoms with Crippen LogP contribution in [0.3, 0.4) is 0 Å². The van der Waals surface area contributed by atoms with Crippen molar-refractivity contribution in [2.45, 2.75) is 26.1 Å². The van der Waals surface area contributed by atoms with Gasteiger partial charge in [0.05, 0.1) is 12.2 Å². The predicted octanol–water partition coefficient (Wildman–Crippen LogP) is 1.55. The van der Waals surface area contributed by atoms with E-state index in [-0.39, 0.29) is 26.1 Å². The number of rotatable bonds is 3. The van der Waals surface area contributed by atoms with Gasteiger partial charge in [0.1, 0.15) is 0 Å². The van der Waals surface area contributed by atoms with E-state index in [4.69, 9.17) is 0 Å². The van der Waals surface area contributed by atoms with Gasteiger partial charge in [-0.05, 0) is 31.5 Å². The number of nitrogens with one attached hydrogen (secondary N) is 2. The van der Waals surface area contributed by atoms with Gasteiger partial charge in [-0.3, -0.25) is 9.78 Å². The molecule has 1 aromatic heterocycles. The van der Waals surface area contributed by atoms with Gasteiger partial charge in [0.25, 0.3) is 0 Å². The third kappa shape index (κ3) is 2.63. The summed E-state index contributed by atoms with van der Waals surface area (Å²) in [5, 5.41) is 4.98. The molecule has 1 amide bonds. The Morgan fingerprint density at radius 2 is 2.30 bits per heavy atom. The first-order valence-corrected chi connectivity index (χ1v) is 6.33. The molecule has 1 aliphatic heterocycles. The molecule has 1 unspecified atom stereocenters. The van der Waals surface area contributed by atoms with E-state index in [0.717, 1.165) is 5.56 Å². The summed E-state index contributed by atoms with van der Waals surface area (Å²) in [5.41, 5.74) is -0.919. The van der Waals surface area contributed by atoms with E-state index in [9.17, 15) is 18.0 Å². The SMILES string of the molecule is Cc1cccnc1CNC(=O)C1(C(F)(F)F)CCNC1. The number of halogens is 3. The van der Waals surface area contributed by atoms with Crippen molar-refractivity contribution in [2.75, 3.05) is 13.1 Å². The Hall–Kier alpha value is -1.63. The van der Waals surface area contributed by atoms with E-state index in [1.807, 2.05) is 0 Å². The average molecular weight is 287 g/mol. The molecule has 2 rings (SSSR count). The minimum atomic E-state index is -4.56. The highest BCUT2D eigenvalue weighted by atomic mass is 19.4. The fourth-order valence-electron chi connectivity index (χ4n) is 2.29. The number of alkyl halides is 3. The number of amides is 1. The van der Waals surface area contributed by atoms with Crippen LogP contribution in [0.5, 0.6) is 0 Å². The Morgan fingerprint density at radius 3 is 2.85 bits per heavy atom. The third-order valence-electron chi connectivity index (χ3n) is 3.67. The molecule has 0 saturated carbocycles. The molecule has 1 aliphatic rings. The van der Waals surface area contributed by atoms with Crippen molar-refractivity contribution in [1.29, 1.82) is 0 Å². The number of hydrogen-bond acceptors (Lipinski definition) is 3. The monoisotopic (exact) mass is 287 g/mol. The standard InChI is InChI=1S/C13H16F3N3O/c1-9-3-2-5-18-10(9)7-19-11(20)12(13(14,15)16)4-6-17-8-12/h2-3,5,17H,4,6-8H2,1H3,(H,19,20). The number of hydrogen-bond donors (Lipinski definition) is 2. The van der Waals surface area contributed by atoms with Crippen molar-refractivity contribution in [2.24, 2.45) is 5.41 Å². The van der Waals surface area contributed by atoms with Gasteiger partial charge < -0.3 is 10.6 Å². The molecule has 1 atom stereocenters. The van der Waals surface area contributed by atoms with E-state index in [0.29, 0.717) is 5.69 Å². The van der Waals surface area contributed by atoms with Crippen LogP contribution in [0.1, 0.15) is 17.7 Å². The van der Waals surface area contributed by atoms with Crippen molar-refractivity contribution in [3.05, 3.63) is 29.6 Å². The topological polar surface area (TPSA) is 54.0 Å². The first-order valence-electron chi connectivity index (χ1n) is 6.33. The lowest BCUT2D eigenvalue weighted by atomic mass is 9.85. The summed E-state index contributed by atoms with van der Waals surface area (Å²) in [5.74, 6) is -0.986. The second-order valence-electron chi connectivity index (χ2n) is 4.96. The summed E-state index contributed by atoms with van der Waals surface area (Å²) in [6.45, 7) is 1.62. The normalized spacial score (nSPS) is 22.8. The van der Waals surface area contributed by atoms with Crippen molar-refractivity contribution < 1.29 is 18.0 Å². The van der Waals surface area contributed by atoms with Crippen LogP contribution in [0.2, 0.25) is 0 Å². The molecule has 1 fully saturated rings. The fraction of sp³-hybridized carbons (Fsp3) is 0.538. The molecule has 0 spiro atoms. The Kier molecular flexibility index (Phi) is 3.99. The van der Waals surface area contributed by atoms with E-state index < -0.39 is 17.5 Å². The maximum Gasteiger partial charge on any atom is 0.404 e. The molecule has 7 heteroatoms. The van der Waals surface area contributed by atoms with Crippen LogP contribution in [0.25, 0.3) is 0 Å². The second kappa shape index (κ2) is 5.40. The molecule has 20 heavy (non-hydrogen) atoms. The van der Waals surface area contributed by atoms with Crippen LogP contribution in [0.4, 0.5) is 13.2 Å². The Bertz CT molecular complexity index is 496. The summed E-state index contributed by atoms with van der Waals surface area (Å²) in [6.07, 6.45) is -3.24. The zero-order valence-corrected chi connectivity index (χ0v) is 11.0. The van der Waals surface area contributed by atoms with E-state index >= 15 is 0 Å². The molecular weight excluding hydrogens is 271 g/mol. The highest BCUT2D eigenvalue weighted by Crippen LogP contribution is 2.43. The van der Waals surface area contributed by atoms with Gasteiger partial charge in [0, 0.05) is 12.7 Å². The van der Waals surface area contributed by atoms with Crippen molar-refractivity contribution >= 4 is 5.91 Å². The lowest BCUT2D eigenvalue weighted by molar-refractivity contribution is -0.216. The quantitative estimate of drug-likeness (QED) is 0.887. The molecule has 1 aromatic rings. The van der Waals surface area contributed by atoms with Crippen molar-refractivity contribution in [1.82, 2.24) is 15.6 Å². The lowest BCUT2D eigenvalue weighted by Crippen LogP contribution is -2.52. The Morgan fingerprint density at radius 1 is 1.55 bits per heavy atom. The van der Waals surface area contributed by atoms with Crippen LogP contribution in [0, 0.1) is 12.3 Å². The third-order valence-corrected chi connectivity index (χ3v) is 3.67. The van der Waals surface area contributed by atoms with E-state index in [2.05, 4.69) is 15.6 Å². The highest BCUT2D eigenvalue weighted by molar-refractivity contribution is 5.84. The van der Waals surface area contributed by atoms with Crippen LogP contribution in [0.15, 0.2) is 18.3 Å². The summed E-state index contributed by atoms with van der Waals surface area (Å²) in [6, 6.07) is 3.53. The second-order valence-corrected chi connectivity index (χ2v) is 4.96. The van der Waals surface area contributed by atoms with Gasteiger partial charge in [-0.25, -0.2) is 0 Å². The molecule has 2 heterocycles. The zero-order chi connectivity index (χ0) is 14.8. The largest absolute Gasteiger partial charge is 0.404 e. The van der Waals surface area contributed by atoms with Gasteiger partial charge in [-0.1, -0.05) is 6.07 Å². The number of aromatic nitrogens is 1. The summed E-state index contributed by atoms with van der Waals surface area (Å²) in [4.78, 5) is 16.0. The first-order chi connectivity index (χ1) is 9.37. The van der Waals surface area contributed by atoms with Crippen molar-refractivity contribution in [3.8, 4) is 0 Å². The van der Waals surface area contributed by atoms with Crippen LogP contribution in [-0.2, 0) is 11.3 Å². The maximum atomic E-state index is 13.2. The Balaban J connectivity index is 2.09. The van der Waals surface area contributed by atoms with Gasteiger partial charge in [0.2, 0.25) is 5.91 Å². The molecule has 0 aliphatic carbocycles. The number of carbonyl (C=O) groups excluding carboxylic acids is 1. The van der Waals surface area contributed by atoms with Crippen molar-refractivity contribution in [3.63, 3.8) is 0 Å². The lowest BCUT2D eigenvalue weighted by Gasteiger charge is -2.29. The van der Waals surface area contributed by atoms with Crippen LogP contribution in [-0.4, -0.2) is 30.2 Å². The minimum absolute atomic E-state index is 0.00331. The molecule has 0 aromatic carbocycles. The zero-order valence-electron chi connectivity index (χ0n) is 11.0. The molecule has 0 radical (unpaired) electrons. The summed E-state index contributed by atoms with van der Waals surface area (Å²) >= 11 is 0. The van der Waals surface area contributed by atoms with E-state index in [1.165, 1.54) is 0 Å². The molecule has 4 nitrogen and oxygen atoms in total. The first kappa shape index (κ1) is 14.8. The van der Waals surface area contributed by atoms with Gasteiger partial charge in [-0.2, -0.15) is 13.2 Å². The van der Waals surface area contributed by atoms with Gasteiger partial charge >= 0.3 is 6.18 Å². The molecular formula is C13H16F3N3O. The number of pyridine rings is 1. The molecule has 1 saturated heterocycles.